The van der Waals surface area contributed by atoms with Crippen LogP contribution in [0.2, 0.25) is 0 Å². The molecule has 3 heterocycles. The van der Waals surface area contributed by atoms with Gasteiger partial charge in [0.05, 0.1) is 23.6 Å². The number of benzene rings is 1. The Balaban J connectivity index is 1.67. The Morgan fingerprint density at radius 1 is 1.28 bits per heavy atom. The van der Waals surface area contributed by atoms with E-state index in [4.69, 9.17) is 13.9 Å². The molecule has 9 heteroatoms. The lowest BCUT2D eigenvalue weighted by Crippen LogP contribution is -2.45. The highest BCUT2D eigenvalue weighted by atomic mass is 32.2. The summed E-state index contributed by atoms with van der Waals surface area (Å²) in [5.41, 5.74) is 1.44. The number of amides is 1. The number of furan rings is 1. The lowest BCUT2D eigenvalue weighted by molar-refractivity contribution is -0.139. The van der Waals surface area contributed by atoms with Gasteiger partial charge in [0.15, 0.2) is 5.17 Å². The predicted octanol–water partition coefficient (Wildman–Crippen LogP) is 3.88. The minimum Gasteiger partial charge on any atom is -0.458 e. The molecule has 1 fully saturated rings. The second kappa shape index (κ2) is 9.27. The van der Waals surface area contributed by atoms with E-state index in [1.807, 2.05) is 0 Å². The Kier molecular flexibility index (Phi) is 6.27. The number of esters is 2. The lowest BCUT2D eigenvalue weighted by Gasteiger charge is -2.38. The van der Waals surface area contributed by atoms with Gasteiger partial charge < -0.3 is 13.9 Å². The molecule has 0 aliphatic carbocycles. The van der Waals surface area contributed by atoms with Gasteiger partial charge in [-0.1, -0.05) is 36.5 Å². The Morgan fingerprint density at radius 3 is 2.75 bits per heavy atom. The highest BCUT2D eigenvalue weighted by molar-refractivity contribution is 8.14. The fraction of sp³-hybridized carbons (Fsp3) is 0.217. The lowest BCUT2D eigenvalue weighted by atomic mass is 9.94. The van der Waals surface area contributed by atoms with E-state index in [0.29, 0.717) is 34.4 Å². The number of allylic oxidation sites excluding steroid dienone is 1. The average molecular weight is 452 g/mol. The first-order chi connectivity index (χ1) is 15.5. The van der Waals surface area contributed by atoms with E-state index in [-0.39, 0.29) is 23.8 Å². The van der Waals surface area contributed by atoms with Crippen LogP contribution in [0.25, 0.3) is 0 Å². The van der Waals surface area contributed by atoms with Gasteiger partial charge in [0.2, 0.25) is 11.7 Å². The summed E-state index contributed by atoms with van der Waals surface area (Å²) in [7, 11) is 0. The molecule has 1 unspecified atom stereocenters. The zero-order chi connectivity index (χ0) is 22.7. The van der Waals surface area contributed by atoms with E-state index in [0.717, 1.165) is 0 Å². The molecule has 1 aromatic carbocycles. The zero-order valence-corrected chi connectivity index (χ0v) is 18.1. The van der Waals surface area contributed by atoms with Crippen molar-refractivity contribution >= 4 is 34.8 Å². The first-order valence-corrected chi connectivity index (χ1v) is 10.9. The molecule has 2 aliphatic heterocycles. The molecule has 1 atom stereocenters. The summed E-state index contributed by atoms with van der Waals surface area (Å²) in [5, 5.41) is 0.553. The van der Waals surface area contributed by atoms with Crippen LogP contribution in [0.5, 0.6) is 5.75 Å². The van der Waals surface area contributed by atoms with Crippen LogP contribution < -0.4 is 4.74 Å². The summed E-state index contributed by atoms with van der Waals surface area (Å²) >= 11 is 1.47. The van der Waals surface area contributed by atoms with E-state index >= 15 is 0 Å². The molecule has 0 saturated carbocycles. The molecular weight excluding hydrogens is 432 g/mol. The maximum Gasteiger partial charge on any atom is 0.379 e. The van der Waals surface area contributed by atoms with E-state index in [1.165, 1.54) is 35.1 Å². The second-order valence-electron chi connectivity index (χ2n) is 6.98. The number of aliphatic imine (C=N–C) groups is 1. The van der Waals surface area contributed by atoms with E-state index < -0.39 is 18.0 Å². The topological polar surface area (TPSA) is 98.4 Å². The first kappa shape index (κ1) is 21.6. The van der Waals surface area contributed by atoms with Crippen LogP contribution in [0.15, 0.2) is 76.0 Å². The molecule has 2 aliphatic rings. The Bertz CT molecular complexity index is 1120. The quantitative estimate of drug-likeness (QED) is 0.373. The SMILES string of the molecule is C=CCOC(=O)C1=C(C)N=C2SCCC(=O)N2C1c1ccc(OC(=O)c2ccco2)cc1. The van der Waals surface area contributed by atoms with Crippen LogP contribution in [0.1, 0.15) is 35.5 Å². The number of amidine groups is 1. The van der Waals surface area contributed by atoms with Gasteiger partial charge in [-0.3, -0.25) is 9.69 Å². The molecule has 1 saturated heterocycles. The standard InChI is InChI=1S/C23H20N2O6S/c1-3-11-30-22(28)19-14(2)24-23-25(18(26)10-13-32-23)20(19)15-6-8-16(9-7-15)31-21(27)17-5-4-12-29-17/h3-9,12,20H,1,10-11,13H2,2H3. The van der Waals surface area contributed by atoms with Crippen molar-refractivity contribution in [3.05, 3.63) is 77.9 Å². The summed E-state index contributed by atoms with van der Waals surface area (Å²) in [6.07, 6.45) is 3.20. The molecule has 0 N–H and O–H groups in total. The predicted molar refractivity (Wildman–Crippen MR) is 118 cm³/mol. The Morgan fingerprint density at radius 2 is 2.06 bits per heavy atom. The van der Waals surface area contributed by atoms with Gasteiger partial charge in [0, 0.05) is 12.2 Å². The van der Waals surface area contributed by atoms with E-state index in [9.17, 15) is 14.4 Å². The highest BCUT2D eigenvalue weighted by Crippen LogP contribution is 2.40. The van der Waals surface area contributed by atoms with Gasteiger partial charge in [0.1, 0.15) is 12.4 Å². The zero-order valence-electron chi connectivity index (χ0n) is 17.3. The van der Waals surface area contributed by atoms with Gasteiger partial charge >= 0.3 is 11.9 Å². The normalized spacial score (nSPS) is 18.0. The van der Waals surface area contributed by atoms with Crippen LogP contribution in [-0.2, 0) is 14.3 Å². The smallest absolute Gasteiger partial charge is 0.379 e. The molecule has 4 rings (SSSR count). The van der Waals surface area contributed by atoms with Crippen molar-refractivity contribution in [1.29, 1.82) is 0 Å². The number of hydrogen-bond acceptors (Lipinski definition) is 8. The van der Waals surface area contributed by atoms with Gasteiger partial charge in [-0.25, -0.2) is 14.6 Å². The molecule has 0 spiro atoms. The summed E-state index contributed by atoms with van der Waals surface area (Å²) in [6, 6.07) is 9.02. The van der Waals surface area contributed by atoms with Gasteiger partial charge in [-0.2, -0.15) is 0 Å². The van der Waals surface area contributed by atoms with Crippen molar-refractivity contribution in [3.63, 3.8) is 0 Å². The fourth-order valence-electron chi connectivity index (χ4n) is 3.46. The van der Waals surface area contributed by atoms with Crippen molar-refractivity contribution < 1.29 is 28.3 Å². The molecule has 164 valence electrons. The van der Waals surface area contributed by atoms with Crippen molar-refractivity contribution in [2.75, 3.05) is 12.4 Å². The largest absolute Gasteiger partial charge is 0.458 e. The highest BCUT2D eigenvalue weighted by Gasteiger charge is 2.41. The van der Waals surface area contributed by atoms with Crippen molar-refractivity contribution in [2.24, 2.45) is 4.99 Å². The minimum atomic E-state index is -0.699. The average Bonchev–Trinajstić information content (AvgIpc) is 3.32. The number of carbonyl (C=O) groups excluding carboxylic acids is 3. The third-order valence-electron chi connectivity index (χ3n) is 4.89. The third kappa shape index (κ3) is 4.24. The van der Waals surface area contributed by atoms with Crippen molar-refractivity contribution in [3.8, 4) is 5.75 Å². The summed E-state index contributed by atoms with van der Waals surface area (Å²) in [5.74, 6) is -0.290. The van der Waals surface area contributed by atoms with Gasteiger partial charge in [-0.05, 0) is 36.8 Å². The van der Waals surface area contributed by atoms with Crippen LogP contribution in [0.3, 0.4) is 0 Å². The van der Waals surface area contributed by atoms with E-state index in [2.05, 4.69) is 11.6 Å². The summed E-state index contributed by atoms with van der Waals surface area (Å²) < 4.78 is 15.6. The number of rotatable bonds is 6. The molecule has 1 amide bonds. The fourth-order valence-corrected chi connectivity index (χ4v) is 4.46. The van der Waals surface area contributed by atoms with Gasteiger partial charge in [0.25, 0.3) is 0 Å². The minimum absolute atomic E-state index is 0.0449. The number of carbonyl (C=O) groups is 3. The summed E-state index contributed by atoms with van der Waals surface area (Å²) in [4.78, 5) is 43.8. The molecule has 8 nitrogen and oxygen atoms in total. The number of fused-ring (bicyclic) bond motifs is 1. The number of thioether (sulfide) groups is 1. The third-order valence-corrected chi connectivity index (χ3v) is 5.84. The Hall–Kier alpha value is -3.59. The molecular formula is C23H20N2O6S. The summed E-state index contributed by atoms with van der Waals surface area (Å²) in [6.45, 7) is 5.33. The number of ether oxygens (including phenoxy) is 2. The van der Waals surface area contributed by atoms with E-state index in [1.54, 1.807) is 37.3 Å². The molecule has 2 aromatic rings. The maximum absolute atomic E-state index is 12.9. The molecule has 32 heavy (non-hydrogen) atoms. The number of nitrogens with zero attached hydrogens (tertiary/aromatic N) is 2. The molecule has 1 aromatic heterocycles. The number of hydrogen-bond donors (Lipinski definition) is 0. The van der Waals surface area contributed by atoms with Crippen LogP contribution >= 0.6 is 11.8 Å². The van der Waals surface area contributed by atoms with Crippen LogP contribution in [-0.4, -0.2) is 40.3 Å². The molecule has 0 radical (unpaired) electrons. The van der Waals surface area contributed by atoms with Crippen LogP contribution in [0, 0.1) is 0 Å². The van der Waals surface area contributed by atoms with Crippen LogP contribution in [0.4, 0.5) is 0 Å². The van der Waals surface area contributed by atoms with Gasteiger partial charge in [-0.15, -0.1) is 0 Å². The maximum atomic E-state index is 12.9. The monoisotopic (exact) mass is 452 g/mol. The van der Waals surface area contributed by atoms with Crippen molar-refractivity contribution in [1.82, 2.24) is 4.90 Å². The van der Waals surface area contributed by atoms with Crippen molar-refractivity contribution in [2.45, 2.75) is 19.4 Å². The first-order valence-electron chi connectivity index (χ1n) is 9.87. The second-order valence-corrected chi connectivity index (χ2v) is 8.04. The Labute approximate surface area is 188 Å². The molecule has 0 bridgehead atoms.